The average Bonchev–Trinajstić information content (AvgIpc) is 2.45. The molecular weight excluding hydrogens is 216 g/mol. The number of hydrogen-bond acceptors (Lipinski definition) is 0. The van der Waals surface area contributed by atoms with E-state index in [1.165, 1.54) is 33.5 Å². The quantitative estimate of drug-likeness (QED) is 0.513. The van der Waals surface area contributed by atoms with Crippen LogP contribution in [0.1, 0.15) is 31.7 Å². The van der Waals surface area contributed by atoms with E-state index in [1.807, 2.05) is 0 Å². The number of fused-ring (bicyclic) bond motifs is 3. The predicted molar refractivity (Wildman–Crippen MR) is 80.2 cm³/mol. The molecule has 3 aromatic carbocycles. The summed E-state index contributed by atoms with van der Waals surface area (Å²) in [6.07, 6.45) is 1.18. The highest BCUT2D eigenvalue weighted by Gasteiger charge is 2.10. The topological polar surface area (TPSA) is 0 Å². The lowest BCUT2D eigenvalue weighted by molar-refractivity contribution is 0.740. The van der Waals surface area contributed by atoms with E-state index >= 15 is 0 Å². The van der Waals surface area contributed by atoms with Crippen molar-refractivity contribution in [2.75, 3.05) is 0 Å². The first-order valence-corrected chi connectivity index (χ1v) is 6.71. The molecule has 0 radical (unpaired) electrons. The van der Waals surface area contributed by atoms with E-state index in [2.05, 4.69) is 68.4 Å². The summed E-state index contributed by atoms with van der Waals surface area (Å²) in [5.74, 6) is 0.611. The predicted octanol–water partition coefficient (Wildman–Crippen LogP) is 5.51. The lowest BCUT2D eigenvalue weighted by atomic mass is 9.90. The largest absolute Gasteiger partial charge is 0.0648 e. The zero-order valence-electron chi connectivity index (χ0n) is 11.0. The van der Waals surface area contributed by atoms with Gasteiger partial charge in [-0.2, -0.15) is 0 Å². The molecule has 0 fully saturated rings. The third-order valence-corrected chi connectivity index (χ3v) is 3.94. The zero-order valence-corrected chi connectivity index (χ0v) is 11.0. The molecule has 18 heavy (non-hydrogen) atoms. The second-order valence-electron chi connectivity index (χ2n) is 5.04. The summed E-state index contributed by atoms with van der Waals surface area (Å²) >= 11 is 0. The van der Waals surface area contributed by atoms with Crippen molar-refractivity contribution in [3.63, 3.8) is 0 Å². The summed E-state index contributed by atoms with van der Waals surface area (Å²) in [7, 11) is 0. The van der Waals surface area contributed by atoms with Crippen LogP contribution < -0.4 is 0 Å². The van der Waals surface area contributed by atoms with Gasteiger partial charge in [-0.05, 0) is 39.4 Å². The van der Waals surface area contributed by atoms with Gasteiger partial charge in [0.05, 0.1) is 0 Å². The Hall–Kier alpha value is -1.82. The molecular formula is C18H18. The Kier molecular flexibility index (Phi) is 2.79. The molecule has 0 N–H and O–H groups in total. The summed E-state index contributed by atoms with van der Waals surface area (Å²) in [4.78, 5) is 0. The van der Waals surface area contributed by atoms with E-state index in [9.17, 15) is 0 Å². The van der Waals surface area contributed by atoms with Crippen molar-refractivity contribution in [3.05, 3.63) is 60.2 Å². The van der Waals surface area contributed by atoms with Gasteiger partial charge >= 0.3 is 0 Å². The Bertz CT molecular complexity index is 695. The Balaban J connectivity index is 2.46. The van der Waals surface area contributed by atoms with E-state index in [0.717, 1.165) is 0 Å². The van der Waals surface area contributed by atoms with Crippen molar-refractivity contribution in [2.24, 2.45) is 0 Å². The Morgan fingerprint density at radius 1 is 0.833 bits per heavy atom. The van der Waals surface area contributed by atoms with Crippen molar-refractivity contribution >= 4 is 21.5 Å². The summed E-state index contributed by atoms with van der Waals surface area (Å²) in [6.45, 7) is 4.57. The van der Waals surface area contributed by atoms with Crippen molar-refractivity contribution in [2.45, 2.75) is 26.2 Å². The molecule has 0 aliphatic carbocycles. The summed E-state index contributed by atoms with van der Waals surface area (Å²) in [5.41, 5.74) is 1.48. The molecule has 0 nitrogen and oxygen atoms in total. The normalized spacial score (nSPS) is 13.0. The molecule has 0 bridgehead atoms. The van der Waals surface area contributed by atoms with Crippen molar-refractivity contribution in [1.29, 1.82) is 0 Å². The van der Waals surface area contributed by atoms with E-state index < -0.39 is 0 Å². The van der Waals surface area contributed by atoms with E-state index in [0.29, 0.717) is 5.92 Å². The van der Waals surface area contributed by atoms with E-state index in [-0.39, 0.29) is 0 Å². The highest BCUT2D eigenvalue weighted by Crippen LogP contribution is 2.33. The number of rotatable bonds is 2. The lowest BCUT2D eigenvalue weighted by Crippen LogP contribution is -1.93. The minimum atomic E-state index is 0.611. The summed E-state index contributed by atoms with van der Waals surface area (Å²) in [5, 5.41) is 5.50. The molecule has 0 amide bonds. The standard InChI is InChI=1S/C18H18/c1-3-13(2)18-12-14-8-4-5-9-15(14)16-10-6-7-11-17(16)18/h4-13H,3H2,1-2H3/t13-/m1/s1. The van der Waals surface area contributed by atoms with Gasteiger partial charge in [0.25, 0.3) is 0 Å². The third-order valence-electron chi connectivity index (χ3n) is 3.94. The molecule has 3 aromatic rings. The van der Waals surface area contributed by atoms with Crippen LogP contribution in [0.25, 0.3) is 21.5 Å². The molecule has 0 aromatic heterocycles. The molecule has 0 heterocycles. The van der Waals surface area contributed by atoms with Gasteiger partial charge in [-0.25, -0.2) is 0 Å². The molecule has 0 spiro atoms. The van der Waals surface area contributed by atoms with E-state index in [4.69, 9.17) is 0 Å². The van der Waals surface area contributed by atoms with Crippen LogP contribution in [-0.4, -0.2) is 0 Å². The maximum absolute atomic E-state index is 2.37. The van der Waals surface area contributed by atoms with Crippen molar-refractivity contribution in [1.82, 2.24) is 0 Å². The van der Waals surface area contributed by atoms with Gasteiger partial charge in [-0.1, -0.05) is 68.4 Å². The van der Waals surface area contributed by atoms with Gasteiger partial charge in [0, 0.05) is 0 Å². The first-order valence-electron chi connectivity index (χ1n) is 6.71. The van der Waals surface area contributed by atoms with Gasteiger partial charge < -0.3 is 0 Å². The molecule has 3 rings (SSSR count). The summed E-state index contributed by atoms with van der Waals surface area (Å²) < 4.78 is 0. The first-order chi connectivity index (χ1) is 8.81. The van der Waals surface area contributed by atoms with Gasteiger partial charge in [-0.3, -0.25) is 0 Å². The third kappa shape index (κ3) is 1.69. The fourth-order valence-electron chi connectivity index (χ4n) is 2.71. The molecule has 90 valence electrons. The molecule has 0 saturated heterocycles. The maximum atomic E-state index is 2.37. The Morgan fingerprint density at radius 2 is 1.44 bits per heavy atom. The van der Waals surface area contributed by atoms with Crippen LogP contribution in [0, 0.1) is 0 Å². The molecule has 0 saturated carbocycles. The average molecular weight is 234 g/mol. The van der Waals surface area contributed by atoms with Crippen LogP contribution in [0.15, 0.2) is 54.6 Å². The highest BCUT2D eigenvalue weighted by atomic mass is 14.1. The second-order valence-corrected chi connectivity index (χ2v) is 5.04. The maximum Gasteiger partial charge on any atom is -0.0103 e. The molecule has 0 aliphatic heterocycles. The molecule has 0 unspecified atom stereocenters. The minimum absolute atomic E-state index is 0.611. The van der Waals surface area contributed by atoms with Crippen molar-refractivity contribution in [3.8, 4) is 0 Å². The van der Waals surface area contributed by atoms with Crippen LogP contribution in [-0.2, 0) is 0 Å². The van der Waals surface area contributed by atoms with Gasteiger partial charge in [0.1, 0.15) is 0 Å². The van der Waals surface area contributed by atoms with Gasteiger partial charge in [-0.15, -0.1) is 0 Å². The molecule has 0 aliphatic rings. The summed E-state index contributed by atoms with van der Waals surface area (Å²) in [6, 6.07) is 19.8. The van der Waals surface area contributed by atoms with Gasteiger partial charge in [0.2, 0.25) is 0 Å². The monoisotopic (exact) mass is 234 g/mol. The SMILES string of the molecule is CC[C@@H](C)c1cc2ccccc2c2ccccc12. The van der Waals surface area contributed by atoms with Crippen LogP contribution in [0.3, 0.4) is 0 Å². The fraction of sp³-hybridized carbons (Fsp3) is 0.222. The Labute approximate surface area is 108 Å². The zero-order chi connectivity index (χ0) is 12.5. The van der Waals surface area contributed by atoms with Crippen LogP contribution >= 0.6 is 0 Å². The van der Waals surface area contributed by atoms with Crippen LogP contribution in [0.4, 0.5) is 0 Å². The first kappa shape index (κ1) is 11.3. The highest BCUT2D eigenvalue weighted by molar-refractivity contribution is 6.09. The molecule has 0 heteroatoms. The second kappa shape index (κ2) is 4.45. The minimum Gasteiger partial charge on any atom is -0.0648 e. The Morgan fingerprint density at radius 3 is 2.17 bits per heavy atom. The van der Waals surface area contributed by atoms with E-state index in [1.54, 1.807) is 0 Å². The van der Waals surface area contributed by atoms with Gasteiger partial charge in [0.15, 0.2) is 0 Å². The molecule has 1 atom stereocenters. The number of benzene rings is 3. The smallest absolute Gasteiger partial charge is 0.0103 e. The lowest BCUT2D eigenvalue weighted by Gasteiger charge is -2.15. The van der Waals surface area contributed by atoms with Crippen molar-refractivity contribution < 1.29 is 0 Å². The number of hydrogen-bond donors (Lipinski definition) is 0. The van der Waals surface area contributed by atoms with Crippen LogP contribution in [0.2, 0.25) is 0 Å². The fourth-order valence-corrected chi connectivity index (χ4v) is 2.71. The van der Waals surface area contributed by atoms with Crippen LogP contribution in [0.5, 0.6) is 0 Å².